The Labute approximate surface area is 201 Å². The molecule has 2 aromatic rings. The Hall–Kier alpha value is -2.81. The van der Waals surface area contributed by atoms with Crippen molar-refractivity contribution < 1.29 is 23.7 Å². The van der Waals surface area contributed by atoms with Crippen LogP contribution in [0.1, 0.15) is 15.9 Å². The maximum Gasteiger partial charge on any atom is 0.254 e. The zero-order valence-electron chi connectivity index (χ0n) is 20.4. The molecule has 0 saturated carbocycles. The van der Waals surface area contributed by atoms with E-state index in [-0.39, 0.29) is 12.0 Å². The van der Waals surface area contributed by atoms with Gasteiger partial charge in [-0.15, -0.1) is 0 Å². The fraction of sp³-hybridized carbons (Fsp3) is 0.500. The van der Waals surface area contributed by atoms with Crippen molar-refractivity contribution in [2.75, 3.05) is 73.7 Å². The number of morpholine rings is 1. The van der Waals surface area contributed by atoms with Gasteiger partial charge < -0.3 is 23.8 Å². The van der Waals surface area contributed by atoms with Crippen LogP contribution in [-0.4, -0.2) is 100 Å². The van der Waals surface area contributed by atoms with E-state index in [2.05, 4.69) is 15.9 Å². The van der Waals surface area contributed by atoms with Crippen molar-refractivity contribution in [3.63, 3.8) is 0 Å². The fourth-order valence-electron chi connectivity index (χ4n) is 4.63. The van der Waals surface area contributed by atoms with Gasteiger partial charge in [-0.2, -0.15) is 0 Å². The van der Waals surface area contributed by atoms with Gasteiger partial charge in [0, 0.05) is 57.9 Å². The lowest BCUT2D eigenvalue weighted by atomic mass is 10.1. The zero-order chi connectivity index (χ0) is 23.9. The monoisotopic (exact) mass is 469 g/mol. The Morgan fingerprint density at radius 3 is 2.44 bits per heavy atom. The van der Waals surface area contributed by atoms with E-state index >= 15 is 0 Å². The maximum atomic E-state index is 12.9. The normalized spacial score (nSPS) is 19.6. The zero-order valence-corrected chi connectivity index (χ0v) is 20.4. The highest BCUT2D eigenvalue weighted by Gasteiger charge is 2.27. The largest absolute Gasteiger partial charge is 0.497 e. The number of hydrogen-bond acceptors (Lipinski definition) is 7. The van der Waals surface area contributed by atoms with E-state index in [0.717, 1.165) is 70.5 Å². The molecule has 1 unspecified atom stereocenters. The van der Waals surface area contributed by atoms with Crippen LogP contribution in [0.3, 0.4) is 0 Å². The summed E-state index contributed by atoms with van der Waals surface area (Å²) in [7, 11) is 4.93. The Balaban J connectivity index is 1.26. The highest BCUT2D eigenvalue weighted by atomic mass is 16.5. The molecule has 2 heterocycles. The molecule has 0 N–H and O–H groups in total. The van der Waals surface area contributed by atoms with Crippen LogP contribution in [0.15, 0.2) is 42.5 Å². The first-order valence-corrected chi connectivity index (χ1v) is 11.8. The third-order valence-electron chi connectivity index (χ3n) is 6.52. The molecule has 4 rings (SSSR count). The number of nitrogens with zero attached hydrogens (tertiary/aromatic N) is 3. The summed E-state index contributed by atoms with van der Waals surface area (Å²) >= 11 is 0. The molecule has 8 heteroatoms. The summed E-state index contributed by atoms with van der Waals surface area (Å²) in [6, 6.07) is 13.5. The summed E-state index contributed by atoms with van der Waals surface area (Å²) in [5.41, 5.74) is 1.87. The van der Waals surface area contributed by atoms with Crippen molar-refractivity contribution in [3.8, 4) is 17.2 Å². The highest BCUT2D eigenvalue weighted by molar-refractivity contribution is 5.94. The minimum atomic E-state index is 0.0635. The van der Waals surface area contributed by atoms with Gasteiger partial charge in [-0.05, 0) is 35.9 Å². The van der Waals surface area contributed by atoms with Gasteiger partial charge in [-0.25, -0.2) is 0 Å². The molecular formula is C26H35N3O5. The van der Waals surface area contributed by atoms with E-state index in [1.165, 1.54) is 5.56 Å². The molecule has 2 aromatic carbocycles. The molecule has 184 valence electrons. The molecule has 2 aliphatic heterocycles. The van der Waals surface area contributed by atoms with Crippen LogP contribution in [-0.2, 0) is 11.3 Å². The van der Waals surface area contributed by atoms with Crippen LogP contribution in [0, 0.1) is 0 Å². The lowest BCUT2D eigenvalue weighted by Gasteiger charge is -2.39. The predicted molar refractivity (Wildman–Crippen MR) is 130 cm³/mol. The molecule has 2 aliphatic rings. The Kier molecular flexibility index (Phi) is 8.26. The van der Waals surface area contributed by atoms with Crippen molar-refractivity contribution in [3.05, 3.63) is 53.6 Å². The van der Waals surface area contributed by atoms with Gasteiger partial charge in [0.05, 0.1) is 34.0 Å². The molecule has 0 aromatic heterocycles. The molecule has 0 spiro atoms. The number of benzene rings is 2. The van der Waals surface area contributed by atoms with Gasteiger partial charge in [0.1, 0.15) is 5.75 Å². The van der Waals surface area contributed by atoms with Crippen molar-refractivity contribution in [1.82, 2.24) is 14.7 Å². The minimum Gasteiger partial charge on any atom is -0.497 e. The molecule has 0 bridgehead atoms. The summed E-state index contributed by atoms with van der Waals surface area (Å²) in [4.78, 5) is 19.6. The van der Waals surface area contributed by atoms with E-state index < -0.39 is 0 Å². The van der Waals surface area contributed by atoms with Crippen LogP contribution < -0.4 is 14.2 Å². The van der Waals surface area contributed by atoms with Gasteiger partial charge in [-0.3, -0.25) is 14.6 Å². The fourth-order valence-corrected chi connectivity index (χ4v) is 4.63. The van der Waals surface area contributed by atoms with Crippen molar-refractivity contribution >= 4 is 5.91 Å². The van der Waals surface area contributed by atoms with Crippen LogP contribution in [0.2, 0.25) is 0 Å². The molecule has 2 saturated heterocycles. The van der Waals surface area contributed by atoms with Crippen LogP contribution >= 0.6 is 0 Å². The summed E-state index contributed by atoms with van der Waals surface area (Å²) in [6.07, 6.45) is 0.162. The number of amides is 1. The molecule has 2 fully saturated rings. The first kappa shape index (κ1) is 24.3. The average Bonchev–Trinajstić information content (AvgIpc) is 2.89. The number of ether oxygens (including phenoxy) is 4. The maximum absolute atomic E-state index is 12.9. The van der Waals surface area contributed by atoms with Gasteiger partial charge in [0.2, 0.25) is 0 Å². The summed E-state index contributed by atoms with van der Waals surface area (Å²) < 4.78 is 22.1. The van der Waals surface area contributed by atoms with Crippen molar-refractivity contribution in [1.29, 1.82) is 0 Å². The Morgan fingerprint density at radius 1 is 0.912 bits per heavy atom. The van der Waals surface area contributed by atoms with Crippen LogP contribution in [0.4, 0.5) is 0 Å². The third-order valence-corrected chi connectivity index (χ3v) is 6.52. The van der Waals surface area contributed by atoms with Crippen molar-refractivity contribution in [2.45, 2.75) is 12.6 Å². The van der Waals surface area contributed by atoms with Crippen LogP contribution in [0.25, 0.3) is 0 Å². The summed E-state index contributed by atoms with van der Waals surface area (Å²) in [5.74, 6) is 2.27. The smallest absolute Gasteiger partial charge is 0.254 e. The summed E-state index contributed by atoms with van der Waals surface area (Å²) in [6.45, 7) is 7.40. The van der Waals surface area contributed by atoms with Crippen molar-refractivity contribution in [2.24, 2.45) is 0 Å². The Morgan fingerprint density at radius 2 is 1.71 bits per heavy atom. The molecule has 1 atom stereocenters. The van der Waals surface area contributed by atoms with Gasteiger partial charge in [0.25, 0.3) is 5.91 Å². The lowest BCUT2D eigenvalue weighted by molar-refractivity contribution is -0.0497. The number of hydrogen-bond donors (Lipinski definition) is 0. The second-order valence-corrected chi connectivity index (χ2v) is 8.74. The van der Waals surface area contributed by atoms with E-state index in [1.807, 2.05) is 35.2 Å². The van der Waals surface area contributed by atoms with Crippen LogP contribution in [0.5, 0.6) is 17.2 Å². The molecular weight excluding hydrogens is 434 g/mol. The molecule has 34 heavy (non-hydrogen) atoms. The van der Waals surface area contributed by atoms with E-state index in [1.54, 1.807) is 27.4 Å². The molecule has 1 amide bonds. The second-order valence-electron chi connectivity index (χ2n) is 8.74. The number of rotatable bonds is 8. The van der Waals surface area contributed by atoms with Gasteiger partial charge in [-0.1, -0.05) is 12.1 Å². The second kappa shape index (κ2) is 11.6. The Bertz CT molecular complexity index is 961. The minimum absolute atomic E-state index is 0.0635. The average molecular weight is 470 g/mol. The van der Waals surface area contributed by atoms with E-state index in [9.17, 15) is 4.79 Å². The SMILES string of the molecule is COc1cccc(C(=O)N2CCN(CC3CN(Cc4ccc(OC)c(OC)c4)CCO3)CC2)c1. The first-order chi connectivity index (χ1) is 16.6. The quantitative estimate of drug-likeness (QED) is 0.588. The molecule has 8 nitrogen and oxygen atoms in total. The topological polar surface area (TPSA) is 63.7 Å². The number of piperazine rings is 1. The lowest BCUT2D eigenvalue weighted by Crippen LogP contribution is -2.53. The highest BCUT2D eigenvalue weighted by Crippen LogP contribution is 2.28. The van der Waals surface area contributed by atoms with Gasteiger partial charge >= 0.3 is 0 Å². The number of carbonyl (C=O) groups excluding carboxylic acids is 1. The first-order valence-electron chi connectivity index (χ1n) is 11.8. The molecule has 0 radical (unpaired) electrons. The van der Waals surface area contributed by atoms with E-state index in [4.69, 9.17) is 18.9 Å². The molecule has 0 aliphatic carbocycles. The standard InChI is InChI=1S/C26H35N3O5/c1-31-22-6-4-5-21(16-22)26(30)29-11-9-27(10-12-29)18-23-19-28(13-14-34-23)17-20-7-8-24(32-2)25(15-20)33-3/h4-8,15-16,23H,9-14,17-19H2,1-3H3. The number of methoxy groups -OCH3 is 3. The van der Waals surface area contributed by atoms with Gasteiger partial charge in [0.15, 0.2) is 11.5 Å². The third kappa shape index (κ3) is 6.00. The number of carbonyl (C=O) groups is 1. The van der Waals surface area contributed by atoms with E-state index in [0.29, 0.717) is 11.3 Å². The summed E-state index contributed by atoms with van der Waals surface area (Å²) in [5, 5.41) is 0. The predicted octanol–water partition coefficient (Wildman–Crippen LogP) is 2.37.